The van der Waals surface area contributed by atoms with Crippen molar-refractivity contribution in [1.82, 2.24) is 5.32 Å². The third-order valence-electron chi connectivity index (χ3n) is 2.25. The number of piperidine rings is 1. The summed E-state index contributed by atoms with van der Waals surface area (Å²) in [5, 5.41) is 3.93. The summed E-state index contributed by atoms with van der Waals surface area (Å²) in [5.74, 6) is 0. The molecule has 1 fully saturated rings. The molecule has 0 bridgehead atoms. The van der Waals surface area contributed by atoms with Crippen molar-refractivity contribution in [3.63, 3.8) is 0 Å². The number of hydrogen-bond acceptors (Lipinski definition) is 2. The first-order valence-electron chi connectivity index (χ1n) is 5.19. The van der Waals surface area contributed by atoms with Gasteiger partial charge in [0.05, 0.1) is 0 Å². The highest BCUT2D eigenvalue weighted by atomic mass is 32.1. The van der Waals surface area contributed by atoms with E-state index in [2.05, 4.69) is 37.0 Å². The van der Waals surface area contributed by atoms with Crippen LogP contribution in [0.5, 0.6) is 0 Å². The second kappa shape index (κ2) is 6.91. The first kappa shape index (κ1) is 11.6. The first-order chi connectivity index (χ1) is 6.79. The minimum absolute atomic E-state index is 0.668. The van der Waals surface area contributed by atoms with Crippen LogP contribution in [0.4, 0.5) is 0 Å². The molecule has 1 aromatic rings. The molecular formula is C12H19NS. The zero-order chi connectivity index (χ0) is 10.2. The molecule has 78 valence electrons. The van der Waals surface area contributed by atoms with Crippen molar-refractivity contribution >= 4 is 12.6 Å². The maximum Gasteiger partial charge on any atom is 0.00409 e. The number of aryl methyl sites for hydroxylation is 1. The van der Waals surface area contributed by atoms with E-state index in [4.69, 9.17) is 0 Å². The molecule has 1 N–H and O–H groups in total. The predicted octanol–water partition coefficient (Wildman–Crippen LogP) is 2.66. The van der Waals surface area contributed by atoms with Gasteiger partial charge in [-0.05, 0) is 32.9 Å². The molecule has 1 aromatic carbocycles. The lowest BCUT2D eigenvalue weighted by molar-refractivity contribution is 0.533. The number of benzene rings is 1. The van der Waals surface area contributed by atoms with E-state index in [1.165, 1.54) is 18.4 Å². The molecule has 1 aliphatic heterocycles. The number of hydrogen-bond donors (Lipinski definition) is 2. The predicted molar refractivity (Wildman–Crippen MR) is 66.1 cm³/mol. The van der Waals surface area contributed by atoms with Crippen molar-refractivity contribution < 1.29 is 0 Å². The number of nitrogens with one attached hydrogen (secondary N) is 1. The van der Waals surface area contributed by atoms with Crippen molar-refractivity contribution in [1.29, 1.82) is 0 Å². The Morgan fingerprint density at radius 2 is 1.71 bits per heavy atom. The Labute approximate surface area is 92.3 Å². The molecule has 1 aliphatic rings. The fraction of sp³-hybridized carbons (Fsp3) is 0.500. The highest BCUT2D eigenvalue weighted by Gasteiger charge is 2.05. The van der Waals surface area contributed by atoms with E-state index >= 15 is 0 Å². The van der Waals surface area contributed by atoms with E-state index in [0.717, 1.165) is 13.1 Å². The summed E-state index contributed by atoms with van der Waals surface area (Å²) >= 11 is 4.32. The number of thiol groups is 1. The minimum atomic E-state index is 0.668. The van der Waals surface area contributed by atoms with Gasteiger partial charge < -0.3 is 5.32 Å². The summed E-state index contributed by atoms with van der Waals surface area (Å²) in [6.45, 7) is 4.41. The van der Waals surface area contributed by atoms with Crippen LogP contribution < -0.4 is 5.32 Å². The second-order valence-corrected chi connectivity index (χ2v) is 4.37. The molecule has 0 radical (unpaired) electrons. The van der Waals surface area contributed by atoms with E-state index in [1.54, 1.807) is 0 Å². The van der Waals surface area contributed by atoms with Gasteiger partial charge in [-0.25, -0.2) is 0 Å². The van der Waals surface area contributed by atoms with Gasteiger partial charge in [0.2, 0.25) is 0 Å². The van der Waals surface area contributed by atoms with E-state index < -0.39 is 0 Å². The van der Waals surface area contributed by atoms with Crippen LogP contribution in [-0.2, 0) is 0 Å². The summed E-state index contributed by atoms with van der Waals surface area (Å²) in [6, 6.07) is 10.3. The Hall–Kier alpha value is -0.470. The topological polar surface area (TPSA) is 12.0 Å². The van der Waals surface area contributed by atoms with Gasteiger partial charge >= 0.3 is 0 Å². The second-order valence-electron chi connectivity index (χ2n) is 3.64. The van der Waals surface area contributed by atoms with Crippen LogP contribution in [0.2, 0.25) is 0 Å². The summed E-state index contributed by atoms with van der Waals surface area (Å²) in [6.07, 6.45) is 2.48. The molecule has 0 aliphatic carbocycles. The summed E-state index contributed by atoms with van der Waals surface area (Å²) < 4.78 is 0. The molecule has 0 aromatic heterocycles. The van der Waals surface area contributed by atoms with Crippen molar-refractivity contribution in [3.05, 3.63) is 35.9 Å². The minimum Gasteiger partial charge on any atom is -0.317 e. The van der Waals surface area contributed by atoms with Gasteiger partial charge in [0.25, 0.3) is 0 Å². The highest BCUT2D eigenvalue weighted by molar-refractivity contribution is 7.80. The molecule has 0 unspecified atom stereocenters. The molecule has 0 spiro atoms. The molecule has 1 saturated heterocycles. The molecule has 14 heavy (non-hydrogen) atoms. The van der Waals surface area contributed by atoms with Gasteiger partial charge in [-0.15, -0.1) is 0 Å². The van der Waals surface area contributed by atoms with Gasteiger partial charge in [0.15, 0.2) is 0 Å². The smallest absolute Gasteiger partial charge is 0.00409 e. The normalized spacial score (nSPS) is 17.0. The van der Waals surface area contributed by atoms with Crippen molar-refractivity contribution in [2.24, 2.45) is 0 Å². The van der Waals surface area contributed by atoms with Crippen LogP contribution in [-0.4, -0.2) is 18.3 Å². The third-order valence-corrected chi connectivity index (χ3v) is 2.77. The van der Waals surface area contributed by atoms with Gasteiger partial charge in [-0.1, -0.05) is 35.9 Å². The number of rotatable bonds is 0. The van der Waals surface area contributed by atoms with Crippen molar-refractivity contribution in [2.45, 2.75) is 25.0 Å². The maximum absolute atomic E-state index is 4.32. The zero-order valence-electron chi connectivity index (χ0n) is 8.74. The Bertz CT molecular complexity index is 229. The SMILES string of the molecule is Cc1ccccc1.SC1CCNCC1. The van der Waals surface area contributed by atoms with Crippen LogP contribution in [0.3, 0.4) is 0 Å². The molecule has 0 atom stereocenters. The summed E-state index contributed by atoms with van der Waals surface area (Å²) in [5.41, 5.74) is 1.32. The standard InChI is InChI=1S/C7H8.C5H11NS/c1-7-5-3-2-4-6-7;7-5-1-3-6-4-2-5/h2-6H,1H3;5-7H,1-4H2. The van der Waals surface area contributed by atoms with E-state index in [0.29, 0.717) is 5.25 Å². The zero-order valence-corrected chi connectivity index (χ0v) is 9.63. The van der Waals surface area contributed by atoms with Crippen LogP contribution >= 0.6 is 12.6 Å². The average molecular weight is 209 g/mol. The average Bonchev–Trinajstić information content (AvgIpc) is 2.21. The Morgan fingerprint density at radius 3 is 2.00 bits per heavy atom. The Morgan fingerprint density at radius 1 is 1.14 bits per heavy atom. The van der Waals surface area contributed by atoms with Gasteiger partial charge in [0.1, 0.15) is 0 Å². The van der Waals surface area contributed by atoms with E-state index in [1.807, 2.05) is 18.2 Å². The van der Waals surface area contributed by atoms with Gasteiger partial charge in [0, 0.05) is 5.25 Å². The quantitative estimate of drug-likeness (QED) is 0.626. The first-order valence-corrected chi connectivity index (χ1v) is 5.71. The van der Waals surface area contributed by atoms with Crippen LogP contribution in [0.1, 0.15) is 18.4 Å². The highest BCUT2D eigenvalue weighted by Crippen LogP contribution is 2.07. The lowest BCUT2D eigenvalue weighted by Crippen LogP contribution is -2.27. The van der Waals surface area contributed by atoms with Gasteiger partial charge in [-0.3, -0.25) is 0 Å². The van der Waals surface area contributed by atoms with Crippen LogP contribution in [0.25, 0.3) is 0 Å². The van der Waals surface area contributed by atoms with Crippen molar-refractivity contribution in [3.8, 4) is 0 Å². The van der Waals surface area contributed by atoms with E-state index in [9.17, 15) is 0 Å². The van der Waals surface area contributed by atoms with Crippen molar-refractivity contribution in [2.75, 3.05) is 13.1 Å². The molecule has 1 heterocycles. The Kier molecular flexibility index (Phi) is 5.72. The van der Waals surface area contributed by atoms with Crippen LogP contribution in [0, 0.1) is 6.92 Å². The lowest BCUT2D eigenvalue weighted by Gasteiger charge is -2.16. The molecule has 0 saturated carbocycles. The molecule has 2 heteroatoms. The van der Waals surface area contributed by atoms with Gasteiger partial charge in [-0.2, -0.15) is 12.6 Å². The van der Waals surface area contributed by atoms with Crippen LogP contribution in [0.15, 0.2) is 30.3 Å². The molecule has 1 nitrogen and oxygen atoms in total. The lowest BCUT2D eigenvalue weighted by atomic mass is 10.2. The Balaban J connectivity index is 0.000000140. The molecular weight excluding hydrogens is 190 g/mol. The van der Waals surface area contributed by atoms with E-state index in [-0.39, 0.29) is 0 Å². The summed E-state index contributed by atoms with van der Waals surface area (Å²) in [7, 11) is 0. The summed E-state index contributed by atoms with van der Waals surface area (Å²) in [4.78, 5) is 0. The maximum atomic E-state index is 4.32. The largest absolute Gasteiger partial charge is 0.317 e. The third kappa shape index (κ3) is 5.30. The fourth-order valence-corrected chi connectivity index (χ4v) is 1.60. The molecule has 0 amide bonds. The monoisotopic (exact) mass is 209 g/mol. The fourth-order valence-electron chi connectivity index (χ4n) is 1.34. The molecule has 2 rings (SSSR count).